The monoisotopic (exact) mass is 744 g/mol. The average molecular weight is 745 g/mol. The minimum atomic E-state index is -0.744. The summed E-state index contributed by atoms with van der Waals surface area (Å²) in [5, 5.41) is 33.2. The molecule has 3 N–H and O–H groups in total. The van der Waals surface area contributed by atoms with Gasteiger partial charge in [0.2, 0.25) is 0 Å². The van der Waals surface area contributed by atoms with Gasteiger partial charge >= 0.3 is 5.97 Å². The number of hydrogen-bond acceptors (Lipinski definition) is 9. The molecule has 0 saturated carbocycles. The molecule has 11 heteroatoms. The number of carboxylic acid groups (broad SMARTS) is 1. The van der Waals surface area contributed by atoms with E-state index in [0.717, 1.165) is 105 Å². The van der Waals surface area contributed by atoms with E-state index >= 15 is 0 Å². The number of hydrogen-bond donors (Lipinski definition) is 3. The molecule has 2 atom stereocenters. The fraction of sp³-hybridized carbons (Fsp3) is 0.267. The van der Waals surface area contributed by atoms with Crippen molar-refractivity contribution in [1.29, 1.82) is 0 Å². The molecule has 3 aromatic carbocycles. The Labute approximate surface area is 325 Å². The molecule has 7 aromatic rings. The number of nitrogens with zero attached hydrogens (tertiary/aromatic N) is 7. The van der Waals surface area contributed by atoms with Gasteiger partial charge in [0.1, 0.15) is 11.6 Å². The zero-order valence-corrected chi connectivity index (χ0v) is 31.6. The summed E-state index contributed by atoms with van der Waals surface area (Å²) in [5.74, 6) is 0.725. The van der Waals surface area contributed by atoms with Crippen LogP contribution in [-0.4, -0.2) is 82.3 Å². The van der Waals surface area contributed by atoms with E-state index in [-0.39, 0.29) is 6.10 Å². The number of nitrogens with one attached hydrogen (secondary N) is 1. The molecule has 2 aliphatic heterocycles. The number of rotatable bonds is 10. The van der Waals surface area contributed by atoms with Crippen LogP contribution in [0.25, 0.3) is 50.2 Å². The summed E-state index contributed by atoms with van der Waals surface area (Å²) in [4.78, 5) is 25.5. The third-order valence-electron chi connectivity index (χ3n) is 11.5. The maximum absolute atomic E-state index is 11.6. The average Bonchev–Trinajstić information content (AvgIpc) is 3.96. The summed E-state index contributed by atoms with van der Waals surface area (Å²) in [7, 11) is 0. The van der Waals surface area contributed by atoms with Gasteiger partial charge in [-0.15, -0.1) is 10.2 Å². The summed E-state index contributed by atoms with van der Waals surface area (Å²) >= 11 is 0. The number of benzene rings is 3. The van der Waals surface area contributed by atoms with Gasteiger partial charge < -0.3 is 15.5 Å². The first-order valence-electron chi connectivity index (χ1n) is 19.3. The van der Waals surface area contributed by atoms with E-state index in [1.807, 2.05) is 46.1 Å². The van der Waals surface area contributed by atoms with Gasteiger partial charge in [0.25, 0.3) is 0 Å². The highest BCUT2D eigenvalue weighted by molar-refractivity contribution is 5.91. The van der Waals surface area contributed by atoms with Crippen LogP contribution < -0.4 is 5.32 Å². The quantitative estimate of drug-likeness (QED) is 0.128. The molecule has 4 aromatic heterocycles. The number of fused-ring (bicyclic) bond motifs is 2. The molecule has 0 bridgehead atoms. The number of β-amino-alcohol motifs (C(OH)–C–C–N with tert-alkyl or cyclic N) is 1. The van der Waals surface area contributed by atoms with Crippen molar-refractivity contribution in [2.75, 3.05) is 25.0 Å². The number of anilines is 2. The summed E-state index contributed by atoms with van der Waals surface area (Å²) < 4.78 is 2.01. The van der Waals surface area contributed by atoms with E-state index in [9.17, 15) is 15.0 Å². The Balaban J connectivity index is 0.949. The van der Waals surface area contributed by atoms with E-state index in [0.29, 0.717) is 25.3 Å². The number of pyridine rings is 3. The van der Waals surface area contributed by atoms with Crippen molar-refractivity contribution >= 4 is 34.0 Å². The topological polar surface area (TPSA) is 132 Å². The molecule has 6 heterocycles. The van der Waals surface area contributed by atoms with Gasteiger partial charge in [0.15, 0.2) is 17.3 Å². The summed E-state index contributed by atoms with van der Waals surface area (Å²) in [5.41, 5.74) is 12.4. The molecular formula is C45H44N8O3. The van der Waals surface area contributed by atoms with Gasteiger partial charge in [0, 0.05) is 61.4 Å². The van der Waals surface area contributed by atoms with Gasteiger partial charge in [-0.3, -0.25) is 24.0 Å². The first-order valence-corrected chi connectivity index (χ1v) is 19.3. The fourth-order valence-corrected chi connectivity index (χ4v) is 8.47. The van der Waals surface area contributed by atoms with Crippen molar-refractivity contribution in [3.05, 3.63) is 126 Å². The van der Waals surface area contributed by atoms with E-state index in [4.69, 9.17) is 4.98 Å². The molecule has 56 heavy (non-hydrogen) atoms. The first-order chi connectivity index (χ1) is 27.3. The molecule has 11 nitrogen and oxygen atoms in total. The van der Waals surface area contributed by atoms with Crippen molar-refractivity contribution in [1.82, 2.24) is 34.4 Å². The van der Waals surface area contributed by atoms with Crippen LogP contribution in [0.15, 0.2) is 104 Å². The molecule has 282 valence electrons. The lowest BCUT2D eigenvalue weighted by Gasteiger charge is -2.21. The van der Waals surface area contributed by atoms with Crippen LogP contribution in [0.1, 0.15) is 41.5 Å². The van der Waals surface area contributed by atoms with E-state index in [1.165, 1.54) is 5.56 Å². The number of carbonyl (C=O) groups is 1. The SMILES string of the molecule is Cc1c(Nc2nccc3cc(CN4CC[C@@H](O)C4)cnc23)cccc1-c1cccc(-c2ccn3c(-c4ccc(CN5CCC[C@@H]5C(=O)O)cc4)nnc3c2)c1C. The standard InChI is InChI=1S/C45H44N8O3/c1-28-36(33-16-21-53-41(23-33)49-50-44(53)32-13-11-30(12-14-32)26-52-19-5-10-40(52)45(55)56)6-3-7-37(28)38-8-4-9-39(29(38)2)48-43-42-34(15-18-46-43)22-31(24-47-42)25-51-20-17-35(54)27-51/h3-4,6-9,11-16,18,21-24,35,40,54H,5,10,17,19-20,25-27H2,1-2H3,(H,46,48)(H,55,56)/t35-,40-/m1/s1. The number of carboxylic acids is 1. The Morgan fingerprint density at radius 1 is 0.821 bits per heavy atom. The molecule has 9 rings (SSSR count). The summed E-state index contributed by atoms with van der Waals surface area (Å²) in [6.45, 7) is 8.10. The van der Waals surface area contributed by atoms with Crippen LogP contribution in [-0.2, 0) is 17.9 Å². The lowest BCUT2D eigenvalue weighted by atomic mass is 9.90. The molecular weight excluding hydrogens is 701 g/mol. The molecule has 2 aliphatic rings. The van der Waals surface area contributed by atoms with E-state index < -0.39 is 12.0 Å². The molecule has 0 unspecified atom stereocenters. The van der Waals surface area contributed by atoms with Gasteiger partial charge in [-0.2, -0.15) is 0 Å². The Morgan fingerprint density at radius 3 is 2.43 bits per heavy atom. The molecule has 0 radical (unpaired) electrons. The molecule has 0 amide bonds. The largest absolute Gasteiger partial charge is 0.480 e. The fourth-order valence-electron chi connectivity index (χ4n) is 8.47. The summed E-state index contributed by atoms with van der Waals surface area (Å²) in [6.07, 6.45) is 7.96. The van der Waals surface area contributed by atoms with Crippen molar-refractivity contribution in [3.63, 3.8) is 0 Å². The Kier molecular flexibility index (Phi) is 9.50. The van der Waals surface area contributed by atoms with Gasteiger partial charge in [-0.25, -0.2) is 4.98 Å². The van der Waals surface area contributed by atoms with Crippen LogP contribution in [0, 0.1) is 13.8 Å². The normalized spacial score (nSPS) is 17.6. The van der Waals surface area contributed by atoms with Crippen molar-refractivity contribution < 1.29 is 15.0 Å². The first kappa shape index (κ1) is 35.7. The van der Waals surface area contributed by atoms with Crippen molar-refractivity contribution in [2.45, 2.75) is 58.3 Å². The minimum absolute atomic E-state index is 0.243. The maximum atomic E-state index is 11.6. The third-order valence-corrected chi connectivity index (χ3v) is 11.5. The van der Waals surface area contributed by atoms with Crippen LogP contribution in [0.2, 0.25) is 0 Å². The van der Waals surface area contributed by atoms with E-state index in [1.54, 1.807) is 0 Å². The predicted molar refractivity (Wildman–Crippen MR) is 219 cm³/mol. The molecule has 0 spiro atoms. The Bertz CT molecular complexity index is 2590. The van der Waals surface area contributed by atoms with Crippen molar-refractivity contribution in [3.8, 4) is 33.6 Å². The van der Waals surface area contributed by atoms with Gasteiger partial charge in [-0.05, 0) is 114 Å². The highest BCUT2D eigenvalue weighted by Crippen LogP contribution is 2.37. The zero-order valence-electron chi connectivity index (χ0n) is 31.6. The predicted octanol–water partition coefficient (Wildman–Crippen LogP) is 7.65. The zero-order chi connectivity index (χ0) is 38.3. The van der Waals surface area contributed by atoms with Crippen LogP contribution in [0.5, 0.6) is 0 Å². The smallest absolute Gasteiger partial charge is 0.320 e. The highest BCUT2D eigenvalue weighted by Gasteiger charge is 2.30. The number of aliphatic hydroxyl groups is 1. The number of aliphatic carboxylic acids is 1. The Hall–Kier alpha value is -6.01. The molecule has 2 fully saturated rings. The highest BCUT2D eigenvalue weighted by atomic mass is 16.4. The minimum Gasteiger partial charge on any atom is -0.480 e. The molecule has 2 saturated heterocycles. The Morgan fingerprint density at radius 2 is 1.62 bits per heavy atom. The van der Waals surface area contributed by atoms with Crippen LogP contribution in [0.4, 0.5) is 11.5 Å². The van der Waals surface area contributed by atoms with Crippen LogP contribution in [0.3, 0.4) is 0 Å². The van der Waals surface area contributed by atoms with Gasteiger partial charge in [-0.1, -0.05) is 54.6 Å². The molecule has 0 aliphatic carbocycles. The second-order valence-corrected chi connectivity index (χ2v) is 15.2. The van der Waals surface area contributed by atoms with Crippen molar-refractivity contribution in [2.24, 2.45) is 0 Å². The second kappa shape index (κ2) is 14.9. The number of aliphatic hydroxyl groups excluding tert-OH is 1. The third kappa shape index (κ3) is 6.89. The lowest BCUT2D eigenvalue weighted by molar-refractivity contribution is -0.142. The lowest BCUT2D eigenvalue weighted by Crippen LogP contribution is -2.35. The maximum Gasteiger partial charge on any atom is 0.320 e. The summed E-state index contributed by atoms with van der Waals surface area (Å²) in [6, 6.07) is 28.9. The number of aromatic nitrogens is 5. The second-order valence-electron chi connectivity index (χ2n) is 15.2. The van der Waals surface area contributed by atoms with E-state index in [2.05, 4.69) is 106 Å². The van der Waals surface area contributed by atoms with Gasteiger partial charge in [0.05, 0.1) is 6.10 Å². The van der Waals surface area contributed by atoms with Crippen LogP contribution >= 0.6 is 0 Å². The number of likely N-dealkylation sites (tertiary alicyclic amines) is 2.